The van der Waals surface area contributed by atoms with Gasteiger partial charge in [0.15, 0.2) is 16.8 Å². The molecule has 6 heteroatoms. The van der Waals surface area contributed by atoms with Crippen molar-refractivity contribution in [1.82, 2.24) is 19.7 Å². The summed E-state index contributed by atoms with van der Waals surface area (Å²) in [6.07, 6.45) is 5.80. The Morgan fingerprint density at radius 2 is 1.86 bits per heavy atom. The molecular weight excluding hydrogens is 380 g/mol. The molecule has 4 rings (SSSR count). The SMILES string of the molecule is C[C@H](Sc1nnc(-c2cccnc2)n1C1CC1)C(=O)c1ccc(C(C)(C)C)cc1. The van der Waals surface area contributed by atoms with Crippen LogP contribution in [-0.2, 0) is 5.41 Å². The lowest BCUT2D eigenvalue weighted by Gasteiger charge is -2.19. The molecule has 29 heavy (non-hydrogen) atoms. The van der Waals surface area contributed by atoms with Crippen molar-refractivity contribution < 1.29 is 4.79 Å². The minimum Gasteiger partial charge on any atom is -0.299 e. The lowest BCUT2D eigenvalue weighted by molar-refractivity contribution is 0.0993. The Bertz CT molecular complexity index is 1000. The van der Waals surface area contributed by atoms with Crippen molar-refractivity contribution >= 4 is 17.5 Å². The van der Waals surface area contributed by atoms with E-state index in [0.29, 0.717) is 6.04 Å². The summed E-state index contributed by atoms with van der Waals surface area (Å²) < 4.78 is 2.17. The molecule has 1 saturated carbocycles. The molecule has 0 N–H and O–H groups in total. The smallest absolute Gasteiger partial charge is 0.192 e. The Kier molecular flexibility index (Phi) is 5.30. The molecule has 0 amide bonds. The number of carbonyl (C=O) groups excluding carboxylic acids is 1. The van der Waals surface area contributed by atoms with Crippen LogP contribution in [0.3, 0.4) is 0 Å². The number of ketones is 1. The molecular formula is C23H26N4OS. The van der Waals surface area contributed by atoms with Gasteiger partial charge >= 0.3 is 0 Å². The van der Waals surface area contributed by atoms with E-state index < -0.39 is 0 Å². The Morgan fingerprint density at radius 1 is 1.14 bits per heavy atom. The first-order chi connectivity index (χ1) is 13.8. The van der Waals surface area contributed by atoms with Crippen LogP contribution in [0.1, 0.15) is 62.5 Å². The highest BCUT2D eigenvalue weighted by atomic mass is 32.2. The lowest BCUT2D eigenvalue weighted by Crippen LogP contribution is -2.16. The van der Waals surface area contributed by atoms with E-state index in [1.165, 1.54) is 17.3 Å². The van der Waals surface area contributed by atoms with E-state index in [2.05, 4.69) is 52.7 Å². The van der Waals surface area contributed by atoms with Gasteiger partial charge in [0, 0.05) is 29.6 Å². The number of Topliss-reactive ketones (excluding diaryl/α,β-unsaturated/α-hetero) is 1. The van der Waals surface area contributed by atoms with Crippen molar-refractivity contribution in [2.75, 3.05) is 0 Å². The van der Waals surface area contributed by atoms with E-state index >= 15 is 0 Å². The van der Waals surface area contributed by atoms with Crippen LogP contribution in [0.15, 0.2) is 53.9 Å². The largest absolute Gasteiger partial charge is 0.299 e. The van der Waals surface area contributed by atoms with Crippen LogP contribution in [0, 0.1) is 0 Å². The van der Waals surface area contributed by atoms with Gasteiger partial charge in [-0.15, -0.1) is 10.2 Å². The maximum atomic E-state index is 13.0. The number of carbonyl (C=O) groups is 1. The summed E-state index contributed by atoms with van der Waals surface area (Å²) in [6.45, 7) is 8.47. The van der Waals surface area contributed by atoms with Crippen LogP contribution in [0.25, 0.3) is 11.4 Å². The van der Waals surface area contributed by atoms with Crippen LogP contribution in [0.4, 0.5) is 0 Å². The molecule has 0 aliphatic heterocycles. The monoisotopic (exact) mass is 406 g/mol. The third-order valence-electron chi connectivity index (χ3n) is 5.18. The van der Waals surface area contributed by atoms with Gasteiger partial charge < -0.3 is 0 Å². The zero-order chi connectivity index (χ0) is 20.6. The van der Waals surface area contributed by atoms with Crippen molar-refractivity contribution in [3.05, 3.63) is 59.9 Å². The van der Waals surface area contributed by atoms with Gasteiger partial charge in [0.2, 0.25) is 0 Å². The van der Waals surface area contributed by atoms with Crippen LogP contribution in [0.5, 0.6) is 0 Å². The molecule has 150 valence electrons. The Labute approximate surface area is 176 Å². The summed E-state index contributed by atoms with van der Waals surface area (Å²) in [7, 11) is 0. The van der Waals surface area contributed by atoms with E-state index in [1.807, 2.05) is 37.4 Å². The standard InChI is InChI=1S/C23H26N4OS/c1-15(20(28)16-7-9-18(10-8-16)23(2,3)4)29-22-26-25-21(27(22)19-11-12-19)17-6-5-13-24-14-17/h5-10,13-15,19H,11-12H2,1-4H3/t15-/m0/s1. The van der Waals surface area contributed by atoms with E-state index in [0.717, 1.165) is 34.9 Å². The molecule has 1 fully saturated rings. The summed E-state index contributed by atoms with van der Waals surface area (Å²) in [4.78, 5) is 17.2. The summed E-state index contributed by atoms with van der Waals surface area (Å²) >= 11 is 1.49. The van der Waals surface area contributed by atoms with Crippen molar-refractivity contribution in [3.8, 4) is 11.4 Å². The molecule has 0 unspecified atom stereocenters. The normalized spacial score (nSPS) is 15.3. The first-order valence-electron chi connectivity index (χ1n) is 10.0. The molecule has 3 aromatic rings. The second-order valence-corrected chi connectivity index (χ2v) is 9.91. The Balaban J connectivity index is 1.55. The number of thioether (sulfide) groups is 1. The van der Waals surface area contributed by atoms with Gasteiger partial charge in [-0.05, 0) is 42.9 Å². The number of rotatable bonds is 6. The molecule has 1 aliphatic rings. The summed E-state index contributed by atoms with van der Waals surface area (Å²) in [6, 6.07) is 12.3. The minimum absolute atomic E-state index is 0.0747. The number of pyridine rings is 1. The number of aromatic nitrogens is 4. The average molecular weight is 407 g/mol. The highest BCUT2D eigenvalue weighted by Crippen LogP contribution is 2.41. The van der Waals surface area contributed by atoms with E-state index in [-0.39, 0.29) is 16.4 Å². The van der Waals surface area contributed by atoms with Crippen molar-refractivity contribution in [1.29, 1.82) is 0 Å². The molecule has 1 atom stereocenters. The molecule has 0 bridgehead atoms. The van der Waals surface area contributed by atoms with Gasteiger partial charge in [-0.1, -0.05) is 56.8 Å². The van der Waals surface area contributed by atoms with Gasteiger partial charge in [-0.3, -0.25) is 14.3 Å². The summed E-state index contributed by atoms with van der Waals surface area (Å²) in [5.74, 6) is 0.945. The molecule has 0 radical (unpaired) electrons. The Morgan fingerprint density at radius 3 is 2.45 bits per heavy atom. The fraction of sp³-hybridized carbons (Fsp3) is 0.391. The third-order valence-corrected chi connectivity index (χ3v) is 6.24. The molecule has 2 aromatic heterocycles. The predicted octanol–water partition coefficient (Wildman–Crippen LogP) is 5.34. The van der Waals surface area contributed by atoms with Crippen LogP contribution in [-0.4, -0.2) is 30.8 Å². The molecule has 1 aliphatic carbocycles. The zero-order valence-corrected chi connectivity index (χ0v) is 18.1. The highest BCUT2D eigenvalue weighted by Gasteiger charge is 2.31. The van der Waals surface area contributed by atoms with E-state index in [1.54, 1.807) is 6.20 Å². The molecule has 2 heterocycles. The van der Waals surface area contributed by atoms with Crippen molar-refractivity contribution in [2.24, 2.45) is 0 Å². The molecule has 5 nitrogen and oxygen atoms in total. The van der Waals surface area contributed by atoms with Crippen molar-refractivity contribution in [2.45, 2.75) is 62.4 Å². The fourth-order valence-electron chi connectivity index (χ4n) is 3.29. The van der Waals surface area contributed by atoms with Gasteiger partial charge in [-0.25, -0.2) is 0 Å². The predicted molar refractivity (Wildman–Crippen MR) is 116 cm³/mol. The molecule has 0 spiro atoms. The molecule has 0 saturated heterocycles. The summed E-state index contributed by atoms with van der Waals surface area (Å²) in [5.41, 5.74) is 2.99. The average Bonchev–Trinajstić information content (AvgIpc) is 3.47. The minimum atomic E-state index is -0.237. The van der Waals surface area contributed by atoms with Crippen LogP contribution >= 0.6 is 11.8 Å². The van der Waals surface area contributed by atoms with E-state index in [9.17, 15) is 4.79 Å². The first-order valence-corrected chi connectivity index (χ1v) is 10.9. The maximum absolute atomic E-state index is 13.0. The number of hydrogen-bond donors (Lipinski definition) is 0. The molecule has 1 aromatic carbocycles. The van der Waals surface area contributed by atoms with Gasteiger partial charge in [-0.2, -0.15) is 0 Å². The van der Waals surface area contributed by atoms with Crippen LogP contribution < -0.4 is 0 Å². The second-order valence-electron chi connectivity index (χ2n) is 8.60. The number of nitrogens with zero attached hydrogens (tertiary/aromatic N) is 4. The second kappa shape index (κ2) is 7.75. The topological polar surface area (TPSA) is 60.7 Å². The summed E-state index contributed by atoms with van der Waals surface area (Å²) in [5, 5.41) is 9.39. The zero-order valence-electron chi connectivity index (χ0n) is 17.3. The van der Waals surface area contributed by atoms with Gasteiger partial charge in [0.05, 0.1) is 5.25 Å². The Hall–Kier alpha value is -2.47. The highest BCUT2D eigenvalue weighted by molar-refractivity contribution is 8.00. The van der Waals surface area contributed by atoms with Gasteiger partial charge in [0.1, 0.15) is 0 Å². The maximum Gasteiger partial charge on any atom is 0.192 e. The quantitative estimate of drug-likeness (QED) is 0.409. The third kappa shape index (κ3) is 4.27. The van der Waals surface area contributed by atoms with E-state index in [4.69, 9.17) is 0 Å². The van der Waals surface area contributed by atoms with Gasteiger partial charge in [0.25, 0.3) is 0 Å². The first kappa shape index (κ1) is 19.8. The van der Waals surface area contributed by atoms with Crippen LogP contribution in [0.2, 0.25) is 0 Å². The number of hydrogen-bond acceptors (Lipinski definition) is 5. The number of benzene rings is 1. The lowest BCUT2D eigenvalue weighted by atomic mass is 9.86. The van der Waals surface area contributed by atoms with Crippen molar-refractivity contribution in [3.63, 3.8) is 0 Å². The fourth-order valence-corrected chi connectivity index (χ4v) is 4.29.